The van der Waals surface area contributed by atoms with Crippen LogP contribution in [-0.2, 0) is 0 Å². The molecular weight excluding hydrogens is 188 g/mol. The lowest BCUT2D eigenvalue weighted by Gasteiger charge is -2.11. The molecule has 0 aliphatic carbocycles. The Balaban J connectivity index is 2.42. The quantitative estimate of drug-likeness (QED) is 0.796. The van der Waals surface area contributed by atoms with E-state index in [1.807, 2.05) is 38.1 Å². The Kier molecular flexibility index (Phi) is 4.65. The Hall–Kier alpha value is -1.53. The van der Waals surface area contributed by atoms with Crippen molar-refractivity contribution in [1.82, 2.24) is 5.32 Å². The summed E-state index contributed by atoms with van der Waals surface area (Å²) in [4.78, 5) is 0. The van der Waals surface area contributed by atoms with E-state index in [2.05, 4.69) is 11.4 Å². The molecule has 80 valence electrons. The minimum atomic E-state index is -0.240. The summed E-state index contributed by atoms with van der Waals surface area (Å²) >= 11 is 0. The van der Waals surface area contributed by atoms with Crippen LogP contribution in [0.4, 0.5) is 0 Å². The molecule has 1 N–H and O–H groups in total. The summed E-state index contributed by atoms with van der Waals surface area (Å²) in [6.45, 7) is 5.15. The monoisotopic (exact) mass is 204 g/mol. The molecule has 1 unspecified atom stereocenters. The van der Waals surface area contributed by atoms with E-state index in [9.17, 15) is 0 Å². The smallest absolute Gasteiger partial charge is 0.130 e. The second-order valence-corrected chi connectivity index (χ2v) is 3.36. The van der Waals surface area contributed by atoms with Gasteiger partial charge in [-0.15, -0.1) is 0 Å². The van der Waals surface area contributed by atoms with Gasteiger partial charge in [0.1, 0.15) is 18.4 Å². The van der Waals surface area contributed by atoms with Crippen LogP contribution < -0.4 is 10.1 Å². The molecule has 0 aliphatic rings. The van der Waals surface area contributed by atoms with Gasteiger partial charge in [-0.2, -0.15) is 5.26 Å². The zero-order valence-electron chi connectivity index (χ0n) is 9.16. The highest BCUT2D eigenvalue weighted by Crippen LogP contribution is 2.11. The summed E-state index contributed by atoms with van der Waals surface area (Å²) < 4.78 is 5.48. The minimum Gasteiger partial charge on any atom is -0.491 e. The molecule has 0 radical (unpaired) electrons. The van der Waals surface area contributed by atoms with Crippen molar-refractivity contribution in [2.75, 3.05) is 13.2 Å². The Bertz CT molecular complexity index is 326. The van der Waals surface area contributed by atoms with E-state index in [1.54, 1.807) is 0 Å². The largest absolute Gasteiger partial charge is 0.491 e. The highest BCUT2D eigenvalue weighted by molar-refractivity contribution is 5.26. The molecule has 0 aliphatic heterocycles. The maximum Gasteiger partial charge on any atom is 0.130 e. The summed E-state index contributed by atoms with van der Waals surface area (Å²) in [6, 6.07) is 9.71. The summed E-state index contributed by atoms with van der Waals surface area (Å²) in [5.41, 5.74) is 1.20. The van der Waals surface area contributed by atoms with Gasteiger partial charge in [0.15, 0.2) is 0 Å². The van der Waals surface area contributed by atoms with Crippen molar-refractivity contribution in [1.29, 1.82) is 5.26 Å². The first-order valence-corrected chi connectivity index (χ1v) is 5.08. The number of rotatable bonds is 5. The molecule has 1 rings (SSSR count). The van der Waals surface area contributed by atoms with Crippen molar-refractivity contribution in [2.45, 2.75) is 19.9 Å². The number of benzene rings is 1. The number of ether oxygens (including phenoxy) is 1. The van der Waals surface area contributed by atoms with Gasteiger partial charge in [0.05, 0.1) is 6.07 Å². The number of hydrogen-bond donors (Lipinski definition) is 1. The first-order chi connectivity index (χ1) is 7.26. The molecule has 0 bridgehead atoms. The number of likely N-dealkylation sites (N-methyl/N-ethyl adjacent to an activating group) is 1. The summed E-state index contributed by atoms with van der Waals surface area (Å²) in [5, 5.41) is 11.8. The molecule has 0 aromatic heterocycles. The molecule has 15 heavy (non-hydrogen) atoms. The van der Waals surface area contributed by atoms with Crippen LogP contribution in [0, 0.1) is 18.3 Å². The molecule has 0 spiro atoms. The van der Waals surface area contributed by atoms with Crippen LogP contribution in [0.3, 0.4) is 0 Å². The van der Waals surface area contributed by atoms with E-state index in [0.29, 0.717) is 6.61 Å². The van der Waals surface area contributed by atoms with Crippen LogP contribution in [0.1, 0.15) is 12.5 Å². The van der Waals surface area contributed by atoms with E-state index in [0.717, 1.165) is 12.3 Å². The van der Waals surface area contributed by atoms with E-state index in [4.69, 9.17) is 10.00 Å². The molecule has 1 aromatic rings. The molecule has 3 heteroatoms. The third kappa shape index (κ3) is 4.01. The van der Waals surface area contributed by atoms with Gasteiger partial charge in [0.2, 0.25) is 0 Å². The summed E-state index contributed by atoms with van der Waals surface area (Å²) in [6.07, 6.45) is 0. The lowest BCUT2D eigenvalue weighted by molar-refractivity contribution is 0.291. The molecule has 0 heterocycles. The fourth-order valence-electron chi connectivity index (χ4n) is 1.20. The van der Waals surface area contributed by atoms with Gasteiger partial charge in [0, 0.05) is 0 Å². The predicted molar refractivity (Wildman–Crippen MR) is 59.8 cm³/mol. The second-order valence-electron chi connectivity index (χ2n) is 3.36. The molecular formula is C12H16N2O. The molecule has 3 nitrogen and oxygen atoms in total. The average molecular weight is 204 g/mol. The highest BCUT2D eigenvalue weighted by Gasteiger charge is 2.05. The van der Waals surface area contributed by atoms with Crippen LogP contribution in [0.25, 0.3) is 0 Å². The average Bonchev–Trinajstić information content (AvgIpc) is 2.26. The van der Waals surface area contributed by atoms with Gasteiger partial charge >= 0.3 is 0 Å². The van der Waals surface area contributed by atoms with Gasteiger partial charge in [-0.3, -0.25) is 5.32 Å². The summed E-state index contributed by atoms with van der Waals surface area (Å²) in [7, 11) is 0. The second kappa shape index (κ2) is 6.05. The highest BCUT2D eigenvalue weighted by atomic mass is 16.5. The van der Waals surface area contributed by atoms with Crippen LogP contribution in [-0.4, -0.2) is 19.2 Å². The molecule has 0 fully saturated rings. The van der Waals surface area contributed by atoms with E-state index in [-0.39, 0.29) is 6.04 Å². The standard InChI is InChI=1S/C12H16N2O/c1-3-14-11(8-13)9-15-12-6-4-10(2)5-7-12/h4-7,11,14H,3,9H2,1-2H3. The maximum absolute atomic E-state index is 8.79. The Labute approximate surface area is 90.7 Å². The number of nitrogens with one attached hydrogen (secondary N) is 1. The lowest BCUT2D eigenvalue weighted by atomic mass is 10.2. The molecule has 0 saturated carbocycles. The lowest BCUT2D eigenvalue weighted by Crippen LogP contribution is -2.32. The SMILES string of the molecule is CCNC(C#N)COc1ccc(C)cc1. The third-order valence-corrected chi connectivity index (χ3v) is 2.04. The Morgan fingerprint density at radius 2 is 2.07 bits per heavy atom. The fraction of sp³-hybridized carbons (Fsp3) is 0.417. The van der Waals surface area contributed by atoms with Crippen LogP contribution in [0.2, 0.25) is 0 Å². The van der Waals surface area contributed by atoms with Gasteiger partial charge < -0.3 is 4.74 Å². The van der Waals surface area contributed by atoms with Crippen molar-refractivity contribution in [3.8, 4) is 11.8 Å². The molecule has 0 saturated heterocycles. The minimum absolute atomic E-state index is 0.240. The van der Waals surface area contributed by atoms with Crippen molar-refractivity contribution in [3.63, 3.8) is 0 Å². The Morgan fingerprint density at radius 1 is 1.40 bits per heavy atom. The van der Waals surface area contributed by atoms with Gasteiger partial charge in [-0.1, -0.05) is 24.6 Å². The van der Waals surface area contributed by atoms with Crippen molar-refractivity contribution < 1.29 is 4.74 Å². The topological polar surface area (TPSA) is 45.0 Å². The van der Waals surface area contributed by atoms with E-state index < -0.39 is 0 Å². The number of nitriles is 1. The fourth-order valence-corrected chi connectivity index (χ4v) is 1.20. The van der Waals surface area contributed by atoms with Crippen molar-refractivity contribution in [3.05, 3.63) is 29.8 Å². The van der Waals surface area contributed by atoms with Crippen LogP contribution in [0.5, 0.6) is 5.75 Å². The van der Waals surface area contributed by atoms with E-state index >= 15 is 0 Å². The van der Waals surface area contributed by atoms with Crippen LogP contribution in [0.15, 0.2) is 24.3 Å². The predicted octanol–water partition coefficient (Wildman–Crippen LogP) is 1.88. The summed E-state index contributed by atoms with van der Waals surface area (Å²) in [5.74, 6) is 0.804. The van der Waals surface area contributed by atoms with Gasteiger partial charge in [-0.05, 0) is 25.6 Å². The first-order valence-electron chi connectivity index (χ1n) is 5.08. The van der Waals surface area contributed by atoms with Crippen molar-refractivity contribution >= 4 is 0 Å². The molecule has 0 amide bonds. The normalized spacial score (nSPS) is 11.8. The number of aryl methyl sites for hydroxylation is 1. The molecule has 1 atom stereocenters. The number of hydrogen-bond acceptors (Lipinski definition) is 3. The first kappa shape index (κ1) is 11.5. The third-order valence-electron chi connectivity index (χ3n) is 2.04. The Morgan fingerprint density at radius 3 is 2.60 bits per heavy atom. The number of nitrogens with zero attached hydrogens (tertiary/aromatic N) is 1. The zero-order chi connectivity index (χ0) is 11.1. The van der Waals surface area contributed by atoms with Gasteiger partial charge in [0.25, 0.3) is 0 Å². The molecule has 1 aromatic carbocycles. The zero-order valence-corrected chi connectivity index (χ0v) is 9.16. The van der Waals surface area contributed by atoms with E-state index in [1.165, 1.54) is 5.56 Å². The van der Waals surface area contributed by atoms with Crippen molar-refractivity contribution in [2.24, 2.45) is 0 Å². The van der Waals surface area contributed by atoms with Gasteiger partial charge in [-0.25, -0.2) is 0 Å². The maximum atomic E-state index is 8.79. The van der Waals surface area contributed by atoms with Crippen LogP contribution >= 0.6 is 0 Å².